The maximum atomic E-state index is 12.1. The van der Waals surface area contributed by atoms with E-state index in [0.29, 0.717) is 12.2 Å². The minimum Gasteiger partial charge on any atom is -0.388 e. The molecular weight excluding hydrogens is 296 g/mol. The van der Waals surface area contributed by atoms with Gasteiger partial charge in [-0.05, 0) is 38.7 Å². The summed E-state index contributed by atoms with van der Waals surface area (Å²) in [6.45, 7) is 4.42. The summed E-state index contributed by atoms with van der Waals surface area (Å²) in [5, 5.41) is 15.4. The Balaban J connectivity index is 1.71. The fourth-order valence-corrected chi connectivity index (χ4v) is 3.54. The number of carbonyl (C=O) groups excluding carboxylic acids is 1. The third-order valence-electron chi connectivity index (χ3n) is 4.21. The van der Waals surface area contributed by atoms with Gasteiger partial charge in [0.15, 0.2) is 0 Å². The molecule has 3 rings (SSSR count). The molecule has 0 unspecified atom stereocenters. The topological polar surface area (TPSA) is 62.2 Å². The highest BCUT2D eigenvalue weighted by Gasteiger charge is 2.34. The summed E-state index contributed by atoms with van der Waals surface area (Å²) >= 11 is 1.47. The van der Waals surface area contributed by atoms with Gasteiger partial charge in [0.2, 0.25) is 0 Å². The van der Waals surface area contributed by atoms with Crippen LogP contribution in [0.2, 0.25) is 0 Å². The molecule has 0 saturated heterocycles. The van der Waals surface area contributed by atoms with Crippen molar-refractivity contribution in [3.8, 4) is 10.6 Å². The lowest BCUT2D eigenvalue weighted by molar-refractivity contribution is -0.0300. The predicted molar refractivity (Wildman–Crippen MR) is 88.2 cm³/mol. The minimum absolute atomic E-state index is 0.215. The van der Waals surface area contributed by atoms with Crippen molar-refractivity contribution >= 4 is 17.2 Å². The second kappa shape index (κ2) is 5.82. The van der Waals surface area contributed by atoms with Gasteiger partial charge in [0.05, 0.1) is 5.60 Å². The molecule has 1 fully saturated rings. The molecule has 1 saturated carbocycles. The van der Waals surface area contributed by atoms with Crippen LogP contribution in [0.1, 0.15) is 40.9 Å². The third kappa shape index (κ3) is 3.05. The van der Waals surface area contributed by atoms with E-state index in [9.17, 15) is 9.90 Å². The summed E-state index contributed by atoms with van der Waals surface area (Å²) in [7, 11) is 0. The van der Waals surface area contributed by atoms with Gasteiger partial charge >= 0.3 is 0 Å². The van der Waals surface area contributed by atoms with Crippen LogP contribution in [0.15, 0.2) is 23.6 Å². The van der Waals surface area contributed by atoms with E-state index in [1.54, 1.807) is 5.38 Å². The van der Waals surface area contributed by atoms with Crippen molar-refractivity contribution < 1.29 is 9.90 Å². The standard InChI is InChI=1S/C17H20N2O2S/c1-11-4-5-13(12(2)8-11)16-19-14(9-22-16)15(20)18-10-17(21)6-3-7-17/h4-5,8-9,21H,3,6-7,10H2,1-2H3,(H,18,20). The van der Waals surface area contributed by atoms with Crippen molar-refractivity contribution in [1.29, 1.82) is 0 Å². The Morgan fingerprint density at radius 2 is 2.18 bits per heavy atom. The molecule has 1 aromatic heterocycles. The van der Waals surface area contributed by atoms with Crippen LogP contribution < -0.4 is 5.32 Å². The Labute approximate surface area is 134 Å². The van der Waals surface area contributed by atoms with E-state index in [-0.39, 0.29) is 5.91 Å². The number of nitrogens with one attached hydrogen (secondary N) is 1. The lowest BCUT2D eigenvalue weighted by atomic mass is 9.80. The van der Waals surface area contributed by atoms with Crippen LogP contribution in [-0.2, 0) is 0 Å². The van der Waals surface area contributed by atoms with E-state index in [4.69, 9.17) is 0 Å². The van der Waals surface area contributed by atoms with Crippen LogP contribution >= 0.6 is 11.3 Å². The number of aliphatic hydroxyl groups is 1. The van der Waals surface area contributed by atoms with Crippen LogP contribution in [0, 0.1) is 13.8 Å². The quantitative estimate of drug-likeness (QED) is 0.911. The molecule has 4 nitrogen and oxygen atoms in total. The Kier molecular flexibility index (Phi) is 4.02. The van der Waals surface area contributed by atoms with Crippen molar-refractivity contribution in [1.82, 2.24) is 10.3 Å². The average molecular weight is 316 g/mol. The molecule has 0 atom stereocenters. The molecule has 116 valence electrons. The second-order valence-electron chi connectivity index (χ2n) is 6.12. The van der Waals surface area contributed by atoms with E-state index < -0.39 is 5.60 Å². The Morgan fingerprint density at radius 1 is 1.41 bits per heavy atom. The second-order valence-corrected chi connectivity index (χ2v) is 6.97. The highest BCUT2D eigenvalue weighted by molar-refractivity contribution is 7.13. The molecule has 0 radical (unpaired) electrons. The first-order valence-corrected chi connectivity index (χ1v) is 8.39. The highest BCUT2D eigenvalue weighted by Crippen LogP contribution is 2.31. The Bertz CT molecular complexity index is 704. The first-order valence-electron chi connectivity index (χ1n) is 7.51. The molecule has 0 bridgehead atoms. The van der Waals surface area contributed by atoms with E-state index in [0.717, 1.165) is 35.4 Å². The van der Waals surface area contributed by atoms with Crippen LogP contribution in [-0.4, -0.2) is 28.1 Å². The predicted octanol–water partition coefficient (Wildman–Crippen LogP) is 3.07. The summed E-state index contributed by atoms with van der Waals surface area (Å²) in [5.74, 6) is -0.215. The number of thiazole rings is 1. The van der Waals surface area contributed by atoms with Crippen molar-refractivity contribution in [2.75, 3.05) is 6.54 Å². The SMILES string of the molecule is Cc1ccc(-c2nc(C(=O)NCC3(O)CCC3)cs2)c(C)c1. The maximum Gasteiger partial charge on any atom is 0.270 e. The van der Waals surface area contributed by atoms with Crippen molar-refractivity contribution in [3.63, 3.8) is 0 Å². The molecule has 2 N–H and O–H groups in total. The van der Waals surface area contributed by atoms with Gasteiger partial charge in [-0.3, -0.25) is 4.79 Å². The summed E-state index contributed by atoms with van der Waals surface area (Å²) in [4.78, 5) is 16.6. The van der Waals surface area contributed by atoms with Crippen molar-refractivity contribution in [3.05, 3.63) is 40.4 Å². The van der Waals surface area contributed by atoms with Gasteiger partial charge in [0, 0.05) is 17.5 Å². The number of aromatic nitrogens is 1. The summed E-state index contributed by atoms with van der Waals surface area (Å²) in [6, 6.07) is 6.21. The lowest BCUT2D eigenvalue weighted by Gasteiger charge is -2.36. The maximum absolute atomic E-state index is 12.1. The summed E-state index contributed by atoms with van der Waals surface area (Å²) < 4.78 is 0. The largest absolute Gasteiger partial charge is 0.388 e. The van der Waals surface area contributed by atoms with E-state index in [2.05, 4.69) is 36.3 Å². The number of hydrogen-bond donors (Lipinski definition) is 2. The lowest BCUT2D eigenvalue weighted by Crippen LogP contribution is -2.47. The minimum atomic E-state index is -0.706. The number of carbonyl (C=O) groups is 1. The zero-order valence-electron chi connectivity index (χ0n) is 12.8. The number of amides is 1. The van der Waals surface area contributed by atoms with Crippen LogP contribution in [0.25, 0.3) is 10.6 Å². The monoisotopic (exact) mass is 316 g/mol. The molecule has 5 heteroatoms. The normalized spacial score (nSPS) is 16.1. The molecule has 1 aliphatic rings. The summed E-state index contributed by atoms with van der Waals surface area (Å²) in [5.41, 5.74) is 3.15. The smallest absolute Gasteiger partial charge is 0.270 e. The third-order valence-corrected chi connectivity index (χ3v) is 5.09. The van der Waals surface area contributed by atoms with Gasteiger partial charge < -0.3 is 10.4 Å². The molecule has 1 heterocycles. The number of rotatable bonds is 4. The van der Waals surface area contributed by atoms with Gasteiger partial charge in [0.1, 0.15) is 10.7 Å². The molecule has 1 amide bonds. The number of hydrogen-bond acceptors (Lipinski definition) is 4. The van der Waals surface area contributed by atoms with Gasteiger partial charge in [-0.15, -0.1) is 11.3 Å². The fourth-order valence-electron chi connectivity index (χ4n) is 2.65. The molecule has 22 heavy (non-hydrogen) atoms. The van der Waals surface area contributed by atoms with Crippen LogP contribution in [0.5, 0.6) is 0 Å². The zero-order chi connectivity index (χ0) is 15.7. The zero-order valence-corrected chi connectivity index (χ0v) is 13.7. The molecule has 1 aromatic carbocycles. The van der Waals surface area contributed by atoms with Gasteiger partial charge in [-0.25, -0.2) is 4.98 Å². The fraction of sp³-hybridized carbons (Fsp3) is 0.412. The van der Waals surface area contributed by atoms with E-state index >= 15 is 0 Å². The summed E-state index contributed by atoms with van der Waals surface area (Å²) in [6.07, 6.45) is 2.55. The molecular formula is C17H20N2O2S. The molecule has 0 spiro atoms. The number of benzene rings is 1. The van der Waals surface area contributed by atoms with Gasteiger partial charge in [0.25, 0.3) is 5.91 Å². The van der Waals surface area contributed by atoms with Crippen molar-refractivity contribution in [2.24, 2.45) is 0 Å². The van der Waals surface area contributed by atoms with Crippen molar-refractivity contribution in [2.45, 2.75) is 38.7 Å². The van der Waals surface area contributed by atoms with Crippen LogP contribution in [0.3, 0.4) is 0 Å². The molecule has 2 aromatic rings. The number of nitrogens with zero attached hydrogens (tertiary/aromatic N) is 1. The number of aryl methyl sites for hydroxylation is 2. The van der Waals surface area contributed by atoms with E-state index in [1.807, 2.05) is 6.07 Å². The first-order chi connectivity index (χ1) is 10.5. The van der Waals surface area contributed by atoms with E-state index in [1.165, 1.54) is 16.9 Å². The molecule has 1 aliphatic carbocycles. The Hall–Kier alpha value is -1.72. The van der Waals surface area contributed by atoms with Gasteiger partial charge in [-0.2, -0.15) is 0 Å². The molecule has 0 aliphatic heterocycles. The first kappa shape index (κ1) is 15.2. The van der Waals surface area contributed by atoms with Crippen LogP contribution in [0.4, 0.5) is 0 Å². The highest BCUT2D eigenvalue weighted by atomic mass is 32.1. The van der Waals surface area contributed by atoms with Gasteiger partial charge in [-0.1, -0.05) is 23.8 Å². The Morgan fingerprint density at radius 3 is 2.82 bits per heavy atom. The average Bonchev–Trinajstić information content (AvgIpc) is 2.92.